The first-order valence-electron chi connectivity index (χ1n) is 4.97. The smallest absolute Gasteiger partial charge is 0.233 e. The van der Waals surface area contributed by atoms with Gasteiger partial charge in [0.1, 0.15) is 15.3 Å². The van der Waals surface area contributed by atoms with Crippen LogP contribution in [0.2, 0.25) is 0 Å². The molecular formula is C9H19N3O4S. The topological polar surface area (TPSA) is 122 Å². The van der Waals surface area contributed by atoms with E-state index < -0.39 is 27.2 Å². The van der Waals surface area contributed by atoms with E-state index in [1.165, 1.54) is 13.8 Å². The molecule has 0 aliphatic rings. The summed E-state index contributed by atoms with van der Waals surface area (Å²) < 4.78 is 22.0. The van der Waals surface area contributed by atoms with E-state index in [2.05, 4.69) is 10.5 Å². The number of carbonyl (C=O) groups excluding carboxylic acids is 1. The predicted molar refractivity (Wildman–Crippen MR) is 64.5 cm³/mol. The van der Waals surface area contributed by atoms with E-state index in [9.17, 15) is 13.2 Å². The van der Waals surface area contributed by atoms with Gasteiger partial charge in [-0.15, -0.1) is 0 Å². The first-order chi connectivity index (χ1) is 7.50. The minimum absolute atomic E-state index is 0.162. The van der Waals surface area contributed by atoms with Gasteiger partial charge in [0.2, 0.25) is 5.91 Å². The number of amidine groups is 1. The van der Waals surface area contributed by atoms with E-state index in [1.54, 1.807) is 6.92 Å². The van der Waals surface area contributed by atoms with Crippen LogP contribution in [0.1, 0.15) is 20.8 Å². The molecule has 0 saturated heterocycles. The Morgan fingerprint density at radius 1 is 1.53 bits per heavy atom. The van der Waals surface area contributed by atoms with Gasteiger partial charge < -0.3 is 16.3 Å². The SMILES string of the molecule is CC(CS(C)(=O)=O)NC(=O)C(C)(C)C(N)=NO. The first-order valence-corrected chi connectivity index (χ1v) is 7.03. The number of nitrogens with zero attached hydrogens (tertiary/aromatic N) is 1. The minimum Gasteiger partial charge on any atom is -0.409 e. The van der Waals surface area contributed by atoms with Crippen LogP contribution in [-0.4, -0.2) is 43.4 Å². The number of nitrogens with one attached hydrogen (secondary N) is 1. The highest BCUT2D eigenvalue weighted by Crippen LogP contribution is 2.15. The zero-order chi connectivity index (χ0) is 13.9. The van der Waals surface area contributed by atoms with E-state index in [-0.39, 0.29) is 11.6 Å². The van der Waals surface area contributed by atoms with Crippen LogP contribution < -0.4 is 11.1 Å². The molecule has 4 N–H and O–H groups in total. The average Bonchev–Trinajstić information content (AvgIpc) is 2.12. The largest absolute Gasteiger partial charge is 0.409 e. The lowest BCUT2D eigenvalue weighted by molar-refractivity contribution is -0.126. The molecule has 1 atom stereocenters. The fourth-order valence-corrected chi connectivity index (χ4v) is 2.13. The van der Waals surface area contributed by atoms with Gasteiger partial charge in [-0.1, -0.05) is 5.16 Å². The highest BCUT2D eigenvalue weighted by Gasteiger charge is 2.33. The van der Waals surface area contributed by atoms with E-state index in [0.717, 1.165) is 6.26 Å². The van der Waals surface area contributed by atoms with Gasteiger partial charge in [-0.2, -0.15) is 0 Å². The van der Waals surface area contributed by atoms with Crippen LogP contribution >= 0.6 is 0 Å². The van der Waals surface area contributed by atoms with E-state index in [4.69, 9.17) is 10.9 Å². The molecule has 1 amide bonds. The molecule has 0 rings (SSSR count). The third-order valence-electron chi connectivity index (χ3n) is 2.25. The molecule has 0 radical (unpaired) electrons. The van der Waals surface area contributed by atoms with Crippen molar-refractivity contribution in [2.45, 2.75) is 26.8 Å². The summed E-state index contributed by atoms with van der Waals surface area (Å²) in [6, 6.07) is -0.539. The second-order valence-corrected chi connectivity index (χ2v) is 6.76. The summed E-state index contributed by atoms with van der Waals surface area (Å²) in [5.74, 6) is -0.893. The van der Waals surface area contributed by atoms with Gasteiger partial charge in [0.15, 0.2) is 5.84 Å². The Morgan fingerprint density at radius 2 is 2.00 bits per heavy atom. The molecule has 1 unspecified atom stereocenters. The van der Waals surface area contributed by atoms with Crippen molar-refractivity contribution in [1.29, 1.82) is 0 Å². The molecule has 0 aromatic heterocycles. The fourth-order valence-electron chi connectivity index (χ4n) is 1.14. The highest BCUT2D eigenvalue weighted by atomic mass is 32.2. The summed E-state index contributed by atoms with van der Waals surface area (Å²) in [6.45, 7) is 4.52. The molecule has 0 saturated carbocycles. The number of carbonyl (C=O) groups is 1. The van der Waals surface area contributed by atoms with Gasteiger partial charge in [-0.25, -0.2) is 8.42 Å². The second-order valence-electron chi connectivity index (χ2n) is 4.58. The summed E-state index contributed by atoms with van der Waals surface area (Å²) in [5, 5.41) is 13.8. The minimum atomic E-state index is -3.17. The second kappa shape index (κ2) is 5.35. The molecule has 0 spiro atoms. The monoisotopic (exact) mass is 265 g/mol. The summed E-state index contributed by atoms with van der Waals surface area (Å²) in [7, 11) is -3.17. The fraction of sp³-hybridized carbons (Fsp3) is 0.778. The van der Waals surface area contributed by atoms with Crippen LogP contribution in [0.25, 0.3) is 0 Å². The van der Waals surface area contributed by atoms with Crippen molar-refractivity contribution in [1.82, 2.24) is 5.32 Å². The number of hydrogen-bond donors (Lipinski definition) is 3. The van der Waals surface area contributed by atoms with Gasteiger partial charge >= 0.3 is 0 Å². The molecule has 7 nitrogen and oxygen atoms in total. The predicted octanol–water partition coefficient (Wildman–Crippen LogP) is -0.692. The highest BCUT2D eigenvalue weighted by molar-refractivity contribution is 7.90. The van der Waals surface area contributed by atoms with Crippen molar-refractivity contribution in [3.63, 3.8) is 0 Å². The number of amides is 1. The van der Waals surface area contributed by atoms with Gasteiger partial charge in [0.05, 0.1) is 5.75 Å². The maximum Gasteiger partial charge on any atom is 0.233 e. The summed E-state index contributed by atoms with van der Waals surface area (Å²) >= 11 is 0. The lowest BCUT2D eigenvalue weighted by Gasteiger charge is -2.24. The quantitative estimate of drug-likeness (QED) is 0.263. The van der Waals surface area contributed by atoms with Gasteiger partial charge in [-0.3, -0.25) is 4.79 Å². The van der Waals surface area contributed by atoms with Crippen LogP contribution in [-0.2, 0) is 14.6 Å². The summed E-state index contributed by atoms with van der Waals surface area (Å²) in [4.78, 5) is 11.8. The van der Waals surface area contributed by atoms with E-state index in [0.29, 0.717) is 0 Å². The van der Waals surface area contributed by atoms with Crippen molar-refractivity contribution in [2.75, 3.05) is 12.0 Å². The van der Waals surface area contributed by atoms with Crippen molar-refractivity contribution in [3.8, 4) is 0 Å². The molecule has 0 heterocycles. The number of oxime groups is 1. The molecule has 17 heavy (non-hydrogen) atoms. The summed E-state index contributed by atoms with van der Waals surface area (Å²) in [6.07, 6.45) is 1.09. The maximum atomic E-state index is 11.8. The third-order valence-corrected chi connectivity index (χ3v) is 3.35. The Kier molecular flexibility index (Phi) is 4.94. The molecule has 0 fully saturated rings. The van der Waals surface area contributed by atoms with Crippen LogP contribution in [0.15, 0.2) is 5.16 Å². The molecule has 8 heteroatoms. The van der Waals surface area contributed by atoms with Crippen molar-refractivity contribution in [2.24, 2.45) is 16.3 Å². The Morgan fingerprint density at radius 3 is 2.35 bits per heavy atom. The van der Waals surface area contributed by atoms with Gasteiger partial charge in [0, 0.05) is 12.3 Å². The van der Waals surface area contributed by atoms with Crippen LogP contribution in [0.3, 0.4) is 0 Å². The normalized spacial score (nSPS) is 15.4. The number of sulfone groups is 1. The Labute approximate surface area is 101 Å². The number of nitrogens with two attached hydrogens (primary N) is 1. The number of rotatable bonds is 5. The zero-order valence-corrected chi connectivity index (χ0v) is 11.2. The molecule has 0 aromatic carbocycles. The van der Waals surface area contributed by atoms with Crippen molar-refractivity contribution < 1.29 is 18.4 Å². The van der Waals surface area contributed by atoms with E-state index in [1.807, 2.05) is 0 Å². The molecule has 0 aromatic rings. The van der Waals surface area contributed by atoms with Crippen molar-refractivity contribution in [3.05, 3.63) is 0 Å². The zero-order valence-electron chi connectivity index (χ0n) is 10.4. The van der Waals surface area contributed by atoms with Crippen LogP contribution in [0.5, 0.6) is 0 Å². The maximum absolute atomic E-state index is 11.8. The van der Waals surface area contributed by atoms with Crippen LogP contribution in [0.4, 0.5) is 0 Å². The molecule has 100 valence electrons. The lowest BCUT2D eigenvalue weighted by Crippen LogP contribution is -2.49. The standard InChI is InChI=1S/C9H19N3O4S/c1-6(5-17(4,15)16)11-8(13)9(2,3)7(10)12-14/h6,14H,5H2,1-4H3,(H2,10,12)(H,11,13). The van der Waals surface area contributed by atoms with Crippen LogP contribution in [0, 0.1) is 5.41 Å². The van der Waals surface area contributed by atoms with Gasteiger partial charge in [0.25, 0.3) is 0 Å². The molecule has 0 aliphatic heterocycles. The van der Waals surface area contributed by atoms with Gasteiger partial charge in [-0.05, 0) is 20.8 Å². The van der Waals surface area contributed by atoms with E-state index >= 15 is 0 Å². The third kappa shape index (κ3) is 5.03. The Hall–Kier alpha value is -1.31. The molecular weight excluding hydrogens is 246 g/mol. The lowest BCUT2D eigenvalue weighted by atomic mass is 9.90. The Balaban J connectivity index is 4.66. The average molecular weight is 265 g/mol. The van der Waals surface area contributed by atoms with Crippen molar-refractivity contribution >= 4 is 21.6 Å². The number of hydrogen-bond acceptors (Lipinski definition) is 5. The molecule has 0 bridgehead atoms. The summed E-state index contributed by atoms with van der Waals surface area (Å²) in [5.41, 5.74) is 4.18. The Bertz CT molecular complexity index is 414. The first kappa shape index (κ1) is 15.7. The molecule has 0 aliphatic carbocycles.